The van der Waals surface area contributed by atoms with Crippen LogP contribution in [0, 0.1) is 17.2 Å². The number of likely N-dealkylation sites (tertiary alicyclic amines) is 1. The van der Waals surface area contributed by atoms with E-state index in [4.69, 9.17) is 0 Å². The van der Waals surface area contributed by atoms with E-state index in [-0.39, 0.29) is 18.5 Å². The van der Waals surface area contributed by atoms with Gasteiger partial charge >= 0.3 is 12.2 Å². The molecule has 144 valence electrons. The lowest BCUT2D eigenvalue weighted by Gasteiger charge is -2.30. The number of aromatic nitrogens is 2. The van der Waals surface area contributed by atoms with Gasteiger partial charge in [0, 0.05) is 37.9 Å². The summed E-state index contributed by atoms with van der Waals surface area (Å²) in [5.41, 5.74) is 1.73. The Morgan fingerprint density at radius 3 is 2.93 bits per heavy atom. The van der Waals surface area contributed by atoms with Gasteiger partial charge in [-0.05, 0) is 12.0 Å². The fraction of sp³-hybridized carbons (Fsp3) is 0.471. The summed E-state index contributed by atoms with van der Waals surface area (Å²) >= 11 is 0. The summed E-state index contributed by atoms with van der Waals surface area (Å²) < 4.78 is 37.0. The minimum Gasteiger partial charge on any atom is -0.368 e. The topological polar surface area (TPSA) is 88.1 Å². The number of urea groups is 1. The molecule has 1 saturated heterocycles. The van der Waals surface area contributed by atoms with Crippen molar-refractivity contribution in [3.63, 3.8) is 0 Å². The van der Waals surface area contributed by atoms with Crippen LogP contribution in [0.5, 0.6) is 0 Å². The number of alkyl halides is 3. The number of hydrogen-bond acceptors (Lipinski definition) is 4. The monoisotopic (exact) mass is 380 g/mol. The van der Waals surface area contributed by atoms with Crippen LogP contribution in [0.3, 0.4) is 0 Å². The standard InChI is InChI=1S/C17H19F3N6O/c1-10-7-26(16(27)24-9-17(18,19)20)8-13(10)25(2)14-11(5-21)6-23-15-12(14)3-4-22-15/h3-4,6,10,13H,7-9H2,1-2H3,(H,22,23)(H,24,27)/t10-,13+/m1/s1. The Labute approximate surface area is 153 Å². The Morgan fingerprint density at radius 1 is 1.52 bits per heavy atom. The fourth-order valence-corrected chi connectivity index (χ4v) is 3.53. The van der Waals surface area contributed by atoms with Crippen molar-refractivity contribution in [3.05, 3.63) is 24.0 Å². The quantitative estimate of drug-likeness (QED) is 0.856. The number of hydrogen-bond donors (Lipinski definition) is 2. The van der Waals surface area contributed by atoms with E-state index in [0.29, 0.717) is 23.4 Å². The van der Waals surface area contributed by atoms with Crippen molar-refractivity contribution in [1.82, 2.24) is 20.2 Å². The van der Waals surface area contributed by atoms with E-state index in [9.17, 15) is 23.2 Å². The summed E-state index contributed by atoms with van der Waals surface area (Å²) in [5.74, 6) is 0.0142. The number of nitrogens with one attached hydrogen (secondary N) is 2. The molecular formula is C17H19F3N6O. The van der Waals surface area contributed by atoms with Gasteiger partial charge in [-0.2, -0.15) is 18.4 Å². The number of likely N-dealkylation sites (N-methyl/N-ethyl adjacent to an activating group) is 1. The van der Waals surface area contributed by atoms with E-state index < -0.39 is 18.8 Å². The number of carbonyl (C=O) groups is 1. The Hall–Kier alpha value is -2.96. The van der Waals surface area contributed by atoms with Gasteiger partial charge in [0.05, 0.1) is 17.3 Å². The molecule has 1 aliphatic rings. The second kappa shape index (κ2) is 6.98. The lowest BCUT2D eigenvalue weighted by molar-refractivity contribution is -0.123. The molecule has 0 unspecified atom stereocenters. The van der Waals surface area contributed by atoms with Crippen molar-refractivity contribution in [3.8, 4) is 6.07 Å². The maximum atomic E-state index is 12.3. The molecule has 3 heterocycles. The van der Waals surface area contributed by atoms with Gasteiger partial charge < -0.3 is 20.1 Å². The van der Waals surface area contributed by atoms with Gasteiger partial charge in [-0.3, -0.25) is 0 Å². The summed E-state index contributed by atoms with van der Waals surface area (Å²) in [4.78, 5) is 22.6. The van der Waals surface area contributed by atoms with E-state index in [2.05, 4.69) is 16.0 Å². The van der Waals surface area contributed by atoms with Crippen molar-refractivity contribution in [2.45, 2.75) is 19.1 Å². The van der Waals surface area contributed by atoms with Crippen molar-refractivity contribution < 1.29 is 18.0 Å². The van der Waals surface area contributed by atoms with Gasteiger partial charge in [0.2, 0.25) is 0 Å². The van der Waals surface area contributed by atoms with Crippen LogP contribution in [-0.4, -0.2) is 59.8 Å². The Balaban J connectivity index is 1.80. The smallest absolute Gasteiger partial charge is 0.368 e. The number of carbonyl (C=O) groups excluding carboxylic acids is 1. The maximum absolute atomic E-state index is 12.3. The molecule has 0 aliphatic carbocycles. The first-order chi connectivity index (χ1) is 12.7. The number of halogens is 3. The first-order valence-corrected chi connectivity index (χ1v) is 8.40. The maximum Gasteiger partial charge on any atom is 0.405 e. The number of aromatic amines is 1. The molecule has 0 spiro atoms. The van der Waals surface area contributed by atoms with Crippen LogP contribution in [0.25, 0.3) is 11.0 Å². The van der Waals surface area contributed by atoms with E-state index in [0.717, 1.165) is 5.39 Å². The van der Waals surface area contributed by atoms with Crippen LogP contribution < -0.4 is 10.2 Å². The SMILES string of the molecule is C[C@@H]1CN(C(=O)NCC(F)(F)F)C[C@@H]1N(C)c1c(C#N)cnc2[nH]ccc12. The Kier molecular flexibility index (Phi) is 4.87. The highest BCUT2D eigenvalue weighted by atomic mass is 19.4. The van der Waals surface area contributed by atoms with Crippen LogP contribution in [0.4, 0.5) is 23.7 Å². The van der Waals surface area contributed by atoms with E-state index in [1.165, 1.54) is 11.1 Å². The Bertz CT molecular complexity index is 887. The summed E-state index contributed by atoms with van der Waals surface area (Å²) in [6.07, 6.45) is -1.24. The van der Waals surface area contributed by atoms with Crippen LogP contribution in [0.2, 0.25) is 0 Å². The summed E-state index contributed by atoms with van der Waals surface area (Å²) in [5, 5.41) is 12.1. The average molecular weight is 380 g/mol. The van der Waals surface area contributed by atoms with Crippen LogP contribution in [-0.2, 0) is 0 Å². The fourth-order valence-electron chi connectivity index (χ4n) is 3.53. The molecule has 2 aromatic rings. The molecular weight excluding hydrogens is 361 g/mol. The molecule has 2 amide bonds. The third-order valence-corrected chi connectivity index (χ3v) is 4.83. The largest absolute Gasteiger partial charge is 0.405 e. The molecule has 1 aliphatic heterocycles. The number of nitrogens with zero attached hydrogens (tertiary/aromatic N) is 4. The van der Waals surface area contributed by atoms with Gasteiger partial charge in [-0.1, -0.05) is 6.92 Å². The van der Waals surface area contributed by atoms with Gasteiger partial charge in [0.25, 0.3) is 0 Å². The molecule has 1 fully saturated rings. The molecule has 0 bridgehead atoms. The zero-order valence-corrected chi connectivity index (χ0v) is 14.8. The third-order valence-electron chi connectivity index (χ3n) is 4.83. The van der Waals surface area contributed by atoms with Crippen LogP contribution >= 0.6 is 0 Å². The van der Waals surface area contributed by atoms with Crippen LogP contribution in [0.1, 0.15) is 12.5 Å². The molecule has 0 aromatic carbocycles. The Morgan fingerprint density at radius 2 is 2.26 bits per heavy atom. The molecule has 2 N–H and O–H groups in total. The van der Waals surface area contributed by atoms with Gasteiger partial charge in [0.1, 0.15) is 18.3 Å². The second-order valence-electron chi connectivity index (χ2n) is 6.71. The number of nitriles is 1. The van der Waals surface area contributed by atoms with Crippen molar-refractivity contribution in [2.24, 2.45) is 5.92 Å². The molecule has 0 radical (unpaired) electrons. The van der Waals surface area contributed by atoms with Crippen molar-refractivity contribution in [2.75, 3.05) is 31.6 Å². The number of rotatable bonds is 3. The van der Waals surface area contributed by atoms with E-state index >= 15 is 0 Å². The zero-order valence-electron chi connectivity index (χ0n) is 14.8. The second-order valence-corrected chi connectivity index (χ2v) is 6.71. The van der Waals surface area contributed by atoms with E-state index in [1.807, 2.05) is 30.3 Å². The average Bonchev–Trinajstić information content (AvgIpc) is 3.23. The number of H-pyrrole nitrogens is 1. The highest BCUT2D eigenvalue weighted by molar-refractivity contribution is 5.93. The third kappa shape index (κ3) is 3.77. The first-order valence-electron chi connectivity index (χ1n) is 8.40. The molecule has 27 heavy (non-hydrogen) atoms. The highest BCUT2D eigenvalue weighted by Gasteiger charge is 2.37. The van der Waals surface area contributed by atoms with E-state index in [1.54, 1.807) is 6.20 Å². The molecule has 0 saturated carbocycles. The number of pyridine rings is 1. The minimum absolute atomic E-state index is 0.0142. The predicted molar refractivity (Wildman–Crippen MR) is 93.2 cm³/mol. The molecule has 2 aromatic heterocycles. The summed E-state index contributed by atoms with van der Waals surface area (Å²) in [6.45, 7) is 1.17. The highest BCUT2D eigenvalue weighted by Crippen LogP contribution is 2.33. The number of fused-ring (bicyclic) bond motifs is 1. The molecule has 2 atom stereocenters. The number of amides is 2. The van der Waals surface area contributed by atoms with Crippen molar-refractivity contribution in [1.29, 1.82) is 5.26 Å². The number of anilines is 1. The minimum atomic E-state index is -4.45. The molecule has 7 nitrogen and oxygen atoms in total. The van der Waals surface area contributed by atoms with Crippen LogP contribution in [0.15, 0.2) is 18.5 Å². The van der Waals surface area contributed by atoms with Crippen molar-refractivity contribution >= 4 is 22.8 Å². The lowest BCUT2D eigenvalue weighted by atomic mass is 10.0. The first kappa shape index (κ1) is 18.8. The normalized spacial score (nSPS) is 19.9. The molecule has 10 heteroatoms. The van der Waals surface area contributed by atoms with Gasteiger partial charge in [-0.25, -0.2) is 9.78 Å². The molecule has 3 rings (SSSR count). The summed E-state index contributed by atoms with van der Waals surface area (Å²) in [6, 6.07) is 3.07. The summed E-state index contributed by atoms with van der Waals surface area (Å²) in [7, 11) is 1.82. The zero-order chi connectivity index (χ0) is 19.8. The lowest BCUT2D eigenvalue weighted by Crippen LogP contribution is -2.44. The van der Waals surface area contributed by atoms with Gasteiger partial charge in [-0.15, -0.1) is 0 Å². The van der Waals surface area contributed by atoms with Gasteiger partial charge in [0.15, 0.2) is 0 Å². The predicted octanol–water partition coefficient (Wildman–Crippen LogP) is 2.46.